The summed E-state index contributed by atoms with van der Waals surface area (Å²) in [5.74, 6) is 0.486. The molecule has 1 spiro atoms. The second-order valence-corrected chi connectivity index (χ2v) is 8.02. The Balaban J connectivity index is 1.62. The van der Waals surface area contributed by atoms with Crippen molar-refractivity contribution in [2.45, 2.75) is 43.9 Å². The van der Waals surface area contributed by atoms with Crippen LogP contribution in [0.1, 0.15) is 49.3 Å². The Kier molecular flexibility index (Phi) is 3.70. The smallest absolute Gasteiger partial charge is 0.198 e. The Morgan fingerprint density at radius 3 is 2.58 bits per heavy atom. The molecule has 0 saturated heterocycles. The number of benzene rings is 2. The Morgan fingerprint density at radius 2 is 1.85 bits per heavy atom. The highest BCUT2D eigenvalue weighted by Crippen LogP contribution is 2.54. The molecule has 6 heteroatoms. The predicted molar refractivity (Wildman–Crippen MR) is 100 cm³/mol. The minimum Gasteiger partial charge on any atom is -0.465 e. The summed E-state index contributed by atoms with van der Waals surface area (Å²) in [4.78, 5) is 0. The quantitative estimate of drug-likeness (QED) is 0.601. The number of halogens is 3. The van der Waals surface area contributed by atoms with Gasteiger partial charge in [0.25, 0.3) is 0 Å². The van der Waals surface area contributed by atoms with Crippen molar-refractivity contribution in [3.05, 3.63) is 63.4 Å². The molecule has 2 aliphatic heterocycles. The fraction of sp³-hybridized carbons (Fsp3) is 0.350. The molecule has 0 N–H and O–H groups in total. The first-order valence-corrected chi connectivity index (χ1v) is 9.62. The average Bonchev–Trinajstić information content (AvgIpc) is 3.25. The van der Waals surface area contributed by atoms with Gasteiger partial charge >= 0.3 is 0 Å². The first-order valence-electron chi connectivity index (χ1n) is 8.86. The second kappa shape index (κ2) is 5.86. The normalized spacial score (nSPS) is 22.8. The van der Waals surface area contributed by atoms with E-state index in [1.807, 2.05) is 6.07 Å². The van der Waals surface area contributed by atoms with Crippen LogP contribution in [0.15, 0.2) is 41.5 Å². The van der Waals surface area contributed by atoms with Crippen LogP contribution in [0.2, 0.25) is 10.0 Å². The summed E-state index contributed by atoms with van der Waals surface area (Å²) < 4.78 is 19.7. The molecule has 0 radical (unpaired) electrons. The van der Waals surface area contributed by atoms with Crippen LogP contribution in [0.4, 0.5) is 4.39 Å². The van der Waals surface area contributed by atoms with Crippen molar-refractivity contribution in [1.29, 1.82) is 0 Å². The summed E-state index contributed by atoms with van der Waals surface area (Å²) in [6.45, 7) is 0. The van der Waals surface area contributed by atoms with Crippen molar-refractivity contribution in [3.8, 4) is 5.75 Å². The van der Waals surface area contributed by atoms with Crippen molar-refractivity contribution in [1.82, 2.24) is 5.01 Å². The van der Waals surface area contributed by atoms with Gasteiger partial charge in [-0.2, -0.15) is 5.10 Å². The minimum atomic E-state index is -0.448. The summed E-state index contributed by atoms with van der Waals surface area (Å²) in [7, 11) is 0. The van der Waals surface area contributed by atoms with Crippen LogP contribution in [-0.4, -0.2) is 16.4 Å². The van der Waals surface area contributed by atoms with Gasteiger partial charge in [0.1, 0.15) is 11.6 Å². The first-order chi connectivity index (χ1) is 12.6. The largest absolute Gasteiger partial charge is 0.465 e. The molecule has 134 valence electrons. The summed E-state index contributed by atoms with van der Waals surface area (Å²) >= 11 is 12.7. The zero-order chi connectivity index (χ0) is 17.9. The molecular formula is C20H17Cl2FN2O. The van der Waals surface area contributed by atoms with Gasteiger partial charge in [0.05, 0.1) is 16.8 Å². The molecule has 5 rings (SSSR count). The molecule has 0 bridgehead atoms. The van der Waals surface area contributed by atoms with Gasteiger partial charge < -0.3 is 4.74 Å². The van der Waals surface area contributed by atoms with Crippen molar-refractivity contribution in [3.63, 3.8) is 0 Å². The molecule has 2 aromatic carbocycles. The molecule has 1 atom stereocenters. The molecule has 1 fully saturated rings. The fourth-order valence-corrected chi connectivity index (χ4v) is 4.92. The van der Waals surface area contributed by atoms with Crippen LogP contribution in [-0.2, 0) is 0 Å². The summed E-state index contributed by atoms with van der Waals surface area (Å²) in [5, 5.41) is 8.17. The number of hydrogen-bond acceptors (Lipinski definition) is 3. The number of hydrazone groups is 1. The molecule has 0 amide bonds. The summed E-state index contributed by atoms with van der Waals surface area (Å²) in [6, 6.07) is 10.2. The van der Waals surface area contributed by atoms with E-state index in [9.17, 15) is 4.39 Å². The number of fused-ring (bicyclic) bond motifs is 4. The van der Waals surface area contributed by atoms with E-state index < -0.39 is 5.72 Å². The number of nitrogens with zero attached hydrogens (tertiary/aromatic N) is 2. The number of ether oxygens (including phenoxy) is 1. The van der Waals surface area contributed by atoms with Crippen LogP contribution < -0.4 is 4.74 Å². The summed E-state index contributed by atoms with van der Waals surface area (Å²) in [5.41, 5.74) is 2.40. The van der Waals surface area contributed by atoms with Crippen molar-refractivity contribution < 1.29 is 9.13 Å². The average molecular weight is 391 g/mol. The van der Waals surface area contributed by atoms with E-state index in [0.717, 1.165) is 54.7 Å². The van der Waals surface area contributed by atoms with Crippen molar-refractivity contribution in [2.24, 2.45) is 5.10 Å². The molecule has 3 aliphatic rings. The summed E-state index contributed by atoms with van der Waals surface area (Å²) in [6.07, 6.45) is 4.76. The van der Waals surface area contributed by atoms with E-state index in [-0.39, 0.29) is 11.9 Å². The first kappa shape index (κ1) is 16.4. The lowest BCUT2D eigenvalue weighted by Crippen LogP contribution is -2.51. The number of hydrogen-bond donors (Lipinski definition) is 0. The Hall–Kier alpha value is -1.78. The third-order valence-electron chi connectivity index (χ3n) is 5.58. The van der Waals surface area contributed by atoms with Gasteiger partial charge in [-0.1, -0.05) is 35.3 Å². The monoisotopic (exact) mass is 390 g/mol. The highest BCUT2D eigenvalue weighted by atomic mass is 35.5. The van der Waals surface area contributed by atoms with E-state index in [1.165, 1.54) is 12.1 Å². The highest BCUT2D eigenvalue weighted by molar-refractivity contribution is 6.35. The van der Waals surface area contributed by atoms with Gasteiger partial charge in [0.15, 0.2) is 5.72 Å². The molecule has 2 aromatic rings. The van der Waals surface area contributed by atoms with Crippen LogP contribution in [0.5, 0.6) is 5.75 Å². The van der Waals surface area contributed by atoms with Gasteiger partial charge in [0.2, 0.25) is 0 Å². The third kappa shape index (κ3) is 2.43. The maximum atomic E-state index is 13.3. The van der Waals surface area contributed by atoms with Crippen LogP contribution in [0.3, 0.4) is 0 Å². The molecule has 26 heavy (non-hydrogen) atoms. The lowest BCUT2D eigenvalue weighted by atomic mass is 9.94. The highest BCUT2D eigenvalue weighted by Gasteiger charge is 2.52. The van der Waals surface area contributed by atoms with Crippen LogP contribution in [0, 0.1) is 5.82 Å². The van der Waals surface area contributed by atoms with E-state index in [0.29, 0.717) is 10.0 Å². The minimum absolute atomic E-state index is 0.0353. The standard InChI is InChI=1S/C20H17Cl2FN2O/c21-13-9-15-18-11-17(12-3-5-14(23)6-4-12)24-25(18)20(7-1-2-8-20)26-19(15)16(22)10-13/h3-6,9-10,18H,1-2,7-8,11H2/t18-/m0/s1. The second-order valence-electron chi connectivity index (χ2n) is 7.18. The predicted octanol–water partition coefficient (Wildman–Crippen LogP) is 5.95. The molecule has 1 saturated carbocycles. The van der Waals surface area contributed by atoms with Crippen molar-refractivity contribution in [2.75, 3.05) is 0 Å². The number of rotatable bonds is 1. The molecular weight excluding hydrogens is 374 g/mol. The van der Waals surface area contributed by atoms with Gasteiger partial charge in [-0.15, -0.1) is 0 Å². The molecule has 0 unspecified atom stereocenters. The molecule has 3 nitrogen and oxygen atoms in total. The molecule has 0 aromatic heterocycles. The van der Waals surface area contributed by atoms with E-state index in [1.54, 1.807) is 18.2 Å². The Labute approximate surface area is 161 Å². The maximum Gasteiger partial charge on any atom is 0.198 e. The van der Waals surface area contributed by atoms with Crippen LogP contribution in [0.25, 0.3) is 0 Å². The Morgan fingerprint density at radius 1 is 1.12 bits per heavy atom. The van der Waals surface area contributed by atoms with E-state index in [4.69, 9.17) is 33.0 Å². The zero-order valence-corrected chi connectivity index (χ0v) is 15.5. The molecule has 2 heterocycles. The molecule has 1 aliphatic carbocycles. The lowest BCUT2D eigenvalue weighted by Gasteiger charge is -2.46. The Bertz CT molecular complexity index is 907. The van der Waals surface area contributed by atoms with Crippen molar-refractivity contribution >= 4 is 28.9 Å². The fourth-order valence-electron chi connectivity index (χ4n) is 4.38. The van der Waals surface area contributed by atoms with Gasteiger partial charge in [-0.3, -0.25) is 0 Å². The van der Waals surface area contributed by atoms with E-state index >= 15 is 0 Å². The van der Waals surface area contributed by atoms with Crippen LogP contribution >= 0.6 is 23.2 Å². The third-order valence-corrected chi connectivity index (χ3v) is 6.08. The van der Waals surface area contributed by atoms with Gasteiger partial charge in [0, 0.05) is 29.8 Å². The van der Waals surface area contributed by atoms with Gasteiger partial charge in [-0.25, -0.2) is 9.40 Å². The van der Waals surface area contributed by atoms with E-state index in [2.05, 4.69) is 5.01 Å². The SMILES string of the molecule is Fc1ccc(C2=NN3[C@@H](C2)c2cc(Cl)cc(Cl)c2OC32CCCC2)cc1. The lowest BCUT2D eigenvalue weighted by molar-refractivity contribution is -0.114. The topological polar surface area (TPSA) is 24.8 Å². The van der Waals surface area contributed by atoms with Gasteiger partial charge in [-0.05, 0) is 42.7 Å². The maximum absolute atomic E-state index is 13.3. The zero-order valence-electron chi connectivity index (χ0n) is 14.0.